The number of carbonyl (C=O) groups is 1. The number of halogens is 1. The minimum Gasteiger partial charge on any atom is -0.462 e. The molecule has 140 valence electrons. The molecule has 0 N–H and O–H groups in total. The molecule has 5 heteroatoms. The molecule has 0 unspecified atom stereocenters. The molecule has 0 aliphatic carbocycles. The van der Waals surface area contributed by atoms with E-state index >= 15 is 0 Å². The van der Waals surface area contributed by atoms with E-state index in [2.05, 4.69) is 6.07 Å². The van der Waals surface area contributed by atoms with Crippen LogP contribution in [0.15, 0.2) is 72.8 Å². The normalized spacial score (nSPS) is 10.9. The number of nitrogens with zero attached hydrogens (tertiary/aromatic N) is 2. The summed E-state index contributed by atoms with van der Waals surface area (Å²) in [4.78, 5) is 11.9. The van der Waals surface area contributed by atoms with Gasteiger partial charge in [-0.05, 0) is 42.8 Å². The van der Waals surface area contributed by atoms with E-state index in [1.54, 1.807) is 19.1 Å². The number of fused-ring (bicyclic) bond motifs is 1. The molecule has 0 radical (unpaired) electrons. The van der Waals surface area contributed by atoms with E-state index in [-0.39, 0.29) is 5.97 Å². The van der Waals surface area contributed by atoms with Crippen LogP contribution in [-0.2, 0) is 11.3 Å². The van der Waals surface area contributed by atoms with Crippen molar-refractivity contribution in [2.75, 3.05) is 6.61 Å². The van der Waals surface area contributed by atoms with Crippen molar-refractivity contribution in [2.45, 2.75) is 13.5 Å². The van der Waals surface area contributed by atoms with Crippen molar-refractivity contribution in [2.24, 2.45) is 0 Å². The molecule has 0 saturated carbocycles. The summed E-state index contributed by atoms with van der Waals surface area (Å²) in [6.45, 7) is 2.76. The van der Waals surface area contributed by atoms with Gasteiger partial charge in [0.2, 0.25) is 0 Å². The van der Waals surface area contributed by atoms with Crippen LogP contribution < -0.4 is 0 Å². The molecule has 1 heterocycles. The summed E-state index contributed by atoms with van der Waals surface area (Å²) in [5.74, 6) is -0.314. The fourth-order valence-electron chi connectivity index (χ4n) is 3.29. The van der Waals surface area contributed by atoms with Crippen LogP contribution in [0.5, 0.6) is 0 Å². The van der Waals surface area contributed by atoms with Crippen LogP contribution in [0.1, 0.15) is 22.8 Å². The predicted molar refractivity (Wildman–Crippen MR) is 112 cm³/mol. The maximum Gasteiger partial charge on any atom is 0.338 e. The van der Waals surface area contributed by atoms with Crippen LogP contribution in [0, 0.1) is 0 Å². The molecule has 1 aromatic heterocycles. The zero-order valence-corrected chi connectivity index (χ0v) is 16.2. The summed E-state index contributed by atoms with van der Waals surface area (Å²) in [5, 5.41) is 6.55. The van der Waals surface area contributed by atoms with E-state index in [1.165, 1.54) is 0 Å². The SMILES string of the molecule is CCOC(=O)c1ccc(-c2c3ccccc3nn2Cc2cccc(Cl)c2)cc1. The Morgan fingerprint density at radius 3 is 2.57 bits per heavy atom. The van der Waals surface area contributed by atoms with Crippen LogP contribution in [-0.4, -0.2) is 22.4 Å². The van der Waals surface area contributed by atoms with Gasteiger partial charge in [0, 0.05) is 16.0 Å². The summed E-state index contributed by atoms with van der Waals surface area (Å²) < 4.78 is 7.06. The van der Waals surface area contributed by atoms with Crippen molar-refractivity contribution >= 4 is 28.5 Å². The lowest BCUT2D eigenvalue weighted by atomic mass is 10.1. The second kappa shape index (κ2) is 7.87. The van der Waals surface area contributed by atoms with Gasteiger partial charge in [-0.3, -0.25) is 4.68 Å². The van der Waals surface area contributed by atoms with Crippen molar-refractivity contribution < 1.29 is 9.53 Å². The Morgan fingerprint density at radius 2 is 1.82 bits per heavy atom. The monoisotopic (exact) mass is 390 g/mol. The van der Waals surface area contributed by atoms with Gasteiger partial charge in [0.05, 0.1) is 29.9 Å². The highest BCUT2D eigenvalue weighted by Gasteiger charge is 2.14. The molecule has 0 atom stereocenters. The Kier molecular flexibility index (Phi) is 5.13. The van der Waals surface area contributed by atoms with Gasteiger partial charge in [0.1, 0.15) is 0 Å². The molecule has 0 aliphatic heterocycles. The lowest BCUT2D eigenvalue weighted by molar-refractivity contribution is 0.0526. The van der Waals surface area contributed by atoms with Crippen molar-refractivity contribution in [3.8, 4) is 11.3 Å². The average Bonchev–Trinajstić information content (AvgIpc) is 3.06. The number of aromatic nitrogens is 2. The van der Waals surface area contributed by atoms with Crippen LogP contribution in [0.4, 0.5) is 0 Å². The number of esters is 1. The van der Waals surface area contributed by atoms with Crippen LogP contribution >= 0.6 is 11.6 Å². The third-order valence-corrected chi connectivity index (χ3v) is 4.77. The highest BCUT2D eigenvalue weighted by molar-refractivity contribution is 6.30. The molecule has 0 spiro atoms. The molecule has 0 aliphatic rings. The van der Waals surface area contributed by atoms with E-state index in [1.807, 2.05) is 59.3 Å². The average molecular weight is 391 g/mol. The van der Waals surface area contributed by atoms with E-state index in [0.29, 0.717) is 23.7 Å². The summed E-state index contributed by atoms with van der Waals surface area (Å²) in [5.41, 5.74) is 4.53. The molecule has 0 bridgehead atoms. The molecule has 0 amide bonds. The molecule has 28 heavy (non-hydrogen) atoms. The second-order valence-electron chi connectivity index (χ2n) is 6.45. The molecule has 4 rings (SSSR count). The number of hydrogen-bond acceptors (Lipinski definition) is 3. The smallest absolute Gasteiger partial charge is 0.338 e. The first kappa shape index (κ1) is 18.3. The third kappa shape index (κ3) is 3.64. The Balaban J connectivity index is 1.78. The summed E-state index contributed by atoms with van der Waals surface area (Å²) in [6, 6.07) is 23.3. The highest BCUT2D eigenvalue weighted by Crippen LogP contribution is 2.30. The Hall–Kier alpha value is -3.11. The summed E-state index contributed by atoms with van der Waals surface area (Å²) in [7, 11) is 0. The van der Waals surface area contributed by atoms with E-state index < -0.39 is 0 Å². The lowest BCUT2D eigenvalue weighted by Gasteiger charge is -2.10. The molecule has 0 saturated heterocycles. The molecule has 4 aromatic rings. The number of hydrogen-bond donors (Lipinski definition) is 0. The Morgan fingerprint density at radius 1 is 1.04 bits per heavy atom. The van der Waals surface area contributed by atoms with Crippen molar-refractivity contribution in [3.05, 3.63) is 88.9 Å². The van der Waals surface area contributed by atoms with E-state index in [9.17, 15) is 4.79 Å². The van der Waals surface area contributed by atoms with Gasteiger partial charge in [0.25, 0.3) is 0 Å². The topological polar surface area (TPSA) is 44.1 Å². The highest BCUT2D eigenvalue weighted by atomic mass is 35.5. The molecular formula is C23H19ClN2O2. The van der Waals surface area contributed by atoms with Gasteiger partial charge in [-0.1, -0.05) is 54.1 Å². The van der Waals surface area contributed by atoms with E-state index in [0.717, 1.165) is 27.7 Å². The van der Waals surface area contributed by atoms with Crippen LogP contribution in [0.2, 0.25) is 5.02 Å². The number of benzene rings is 3. The summed E-state index contributed by atoms with van der Waals surface area (Å²) >= 11 is 6.15. The summed E-state index contributed by atoms with van der Waals surface area (Å²) in [6.07, 6.45) is 0. The maximum absolute atomic E-state index is 11.9. The molecule has 4 nitrogen and oxygen atoms in total. The fraction of sp³-hybridized carbons (Fsp3) is 0.130. The predicted octanol–water partition coefficient (Wildman–Crippen LogP) is 5.58. The van der Waals surface area contributed by atoms with Gasteiger partial charge in [-0.2, -0.15) is 5.10 Å². The zero-order chi connectivity index (χ0) is 19.5. The van der Waals surface area contributed by atoms with Crippen LogP contribution in [0.25, 0.3) is 22.2 Å². The minimum absolute atomic E-state index is 0.314. The van der Waals surface area contributed by atoms with Crippen molar-refractivity contribution in [3.63, 3.8) is 0 Å². The second-order valence-corrected chi connectivity index (χ2v) is 6.89. The van der Waals surface area contributed by atoms with Gasteiger partial charge in [-0.25, -0.2) is 4.79 Å². The first-order chi connectivity index (χ1) is 13.7. The first-order valence-electron chi connectivity index (χ1n) is 9.13. The zero-order valence-electron chi connectivity index (χ0n) is 15.4. The quantitative estimate of drug-likeness (QED) is 0.418. The van der Waals surface area contributed by atoms with Crippen LogP contribution in [0.3, 0.4) is 0 Å². The van der Waals surface area contributed by atoms with Gasteiger partial charge >= 0.3 is 5.97 Å². The van der Waals surface area contributed by atoms with Crippen molar-refractivity contribution in [1.82, 2.24) is 9.78 Å². The van der Waals surface area contributed by atoms with Gasteiger partial charge in [0.15, 0.2) is 0 Å². The number of ether oxygens (including phenoxy) is 1. The molecular weight excluding hydrogens is 372 g/mol. The number of carbonyl (C=O) groups excluding carboxylic acids is 1. The largest absolute Gasteiger partial charge is 0.462 e. The Labute approximate surface area is 168 Å². The first-order valence-corrected chi connectivity index (χ1v) is 9.51. The Bertz CT molecular complexity index is 1130. The van der Waals surface area contributed by atoms with Gasteiger partial charge < -0.3 is 4.74 Å². The number of rotatable bonds is 5. The fourth-order valence-corrected chi connectivity index (χ4v) is 3.50. The third-order valence-electron chi connectivity index (χ3n) is 4.54. The lowest BCUT2D eigenvalue weighted by Crippen LogP contribution is -2.05. The standard InChI is InChI=1S/C23H19ClN2O2/c1-2-28-23(27)18-12-10-17(11-13-18)22-20-8-3-4-9-21(20)25-26(22)15-16-6-5-7-19(24)14-16/h3-14H,2,15H2,1H3. The van der Waals surface area contributed by atoms with Crippen molar-refractivity contribution in [1.29, 1.82) is 0 Å². The maximum atomic E-state index is 11.9. The molecule has 3 aromatic carbocycles. The molecule has 0 fully saturated rings. The van der Waals surface area contributed by atoms with Gasteiger partial charge in [-0.15, -0.1) is 0 Å². The minimum atomic E-state index is -0.314. The van der Waals surface area contributed by atoms with E-state index in [4.69, 9.17) is 21.4 Å².